The Hall–Kier alpha value is -2.33. The fraction of sp³-hybridized carbons (Fsp3) is 0.536. The molecule has 2 aromatic rings. The summed E-state index contributed by atoms with van der Waals surface area (Å²) < 4.78 is 5.08. The Bertz CT molecular complexity index is 832. The first-order valence-electron chi connectivity index (χ1n) is 11.9. The van der Waals surface area contributed by atoms with E-state index < -0.39 is 0 Å². The van der Waals surface area contributed by atoms with E-state index in [4.69, 9.17) is 4.74 Å². The van der Waals surface area contributed by atoms with Crippen molar-refractivity contribution in [1.82, 2.24) is 10.6 Å². The van der Waals surface area contributed by atoms with Crippen LogP contribution in [0, 0.1) is 0 Å². The molecule has 1 aliphatic heterocycles. The third-order valence-corrected chi connectivity index (χ3v) is 6.44. The summed E-state index contributed by atoms with van der Waals surface area (Å²) in [6.45, 7) is 16.4. The Labute approximate surface area is 194 Å². The van der Waals surface area contributed by atoms with Crippen LogP contribution in [0.3, 0.4) is 0 Å². The molecule has 0 radical (unpaired) electrons. The maximum atomic E-state index is 11.9. The summed E-state index contributed by atoms with van der Waals surface area (Å²) >= 11 is 0. The minimum absolute atomic E-state index is 0.0734. The summed E-state index contributed by atoms with van der Waals surface area (Å²) in [5.74, 6) is 0.215. The van der Waals surface area contributed by atoms with E-state index in [0.717, 1.165) is 13.0 Å². The fourth-order valence-electron chi connectivity index (χ4n) is 4.51. The number of alkyl carbamates (subject to hydrolysis) is 1. The lowest BCUT2D eigenvalue weighted by atomic mass is 9.80. The van der Waals surface area contributed by atoms with Gasteiger partial charge >= 0.3 is 6.09 Å². The van der Waals surface area contributed by atoms with Gasteiger partial charge in [0.25, 0.3) is 0 Å². The van der Waals surface area contributed by atoms with Crippen LogP contribution in [0.15, 0.2) is 48.5 Å². The van der Waals surface area contributed by atoms with E-state index in [-0.39, 0.29) is 34.9 Å². The van der Waals surface area contributed by atoms with Crippen LogP contribution in [-0.2, 0) is 15.6 Å². The molecule has 0 unspecified atom stereocenters. The van der Waals surface area contributed by atoms with Crippen molar-refractivity contribution in [2.24, 2.45) is 0 Å². The molecule has 32 heavy (non-hydrogen) atoms. The number of benzene rings is 2. The summed E-state index contributed by atoms with van der Waals surface area (Å²) in [4.78, 5) is 11.9. The second-order valence-corrected chi connectivity index (χ2v) is 11.0. The van der Waals surface area contributed by atoms with Crippen molar-refractivity contribution < 1.29 is 9.53 Å². The van der Waals surface area contributed by atoms with Crippen LogP contribution in [0.1, 0.15) is 83.1 Å². The van der Waals surface area contributed by atoms with Gasteiger partial charge in [-0.1, -0.05) is 90.1 Å². The van der Waals surface area contributed by atoms with Gasteiger partial charge in [0.2, 0.25) is 0 Å². The molecule has 1 amide bonds. The van der Waals surface area contributed by atoms with Crippen molar-refractivity contribution in [3.05, 3.63) is 70.8 Å². The maximum Gasteiger partial charge on any atom is 0.407 e. The molecule has 1 aliphatic rings. The first-order chi connectivity index (χ1) is 15.0. The Morgan fingerprint density at radius 1 is 0.938 bits per heavy atom. The average Bonchev–Trinajstić information content (AvgIpc) is 3.15. The standard InChI is InChI=1S/C28H40N2O2/c1-8-32-26(31)30-23-17-24(29-18-23)25(19-9-13-21(14-10-19)27(2,3)4)20-11-15-22(16-12-20)28(5,6)7/h9-16,23-25,29H,8,17-18H2,1-7H3,(H,30,31)/t23-,24+/m0/s1. The molecule has 1 fully saturated rings. The average molecular weight is 437 g/mol. The van der Waals surface area contributed by atoms with Gasteiger partial charge in [0.15, 0.2) is 0 Å². The summed E-state index contributed by atoms with van der Waals surface area (Å²) in [6, 6.07) is 18.4. The third kappa shape index (κ3) is 5.92. The predicted molar refractivity (Wildman–Crippen MR) is 132 cm³/mol. The Morgan fingerprint density at radius 2 is 1.41 bits per heavy atom. The lowest BCUT2D eigenvalue weighted by molar-refractivity contribution is 0.148. The van der Waals surface area contributed by atoms with E-state index in [1.807, 2.05) is 6.92 Å². The highest BCUT2D eigenvalue weighted by molar-refractivity contribution is 5.67. The Kier molecular flexibility index (Phi) is 7.34. The molecule has 4 heteroatoms. The molecule has 2 aromatic carbocycles. The minimum Gasteiger partial charge on any atom is -0.450 e. The second-order valence-electron chi connectivity index (χ2n) is 11.0. The van der Waals surface area contributed by atoms with Gasteiger partial charge in [0.1, 0.15) is 0 Å². The summed E-state index contributed by atoms with van der Waals surface area (Å²) in [5.41, 5.74) is 5.53. The number of carbonyl (C=O) groups is 1. The molecule has 0 saturated carbocycles. The van der Waals surface area contributed by atoms with Crippen molar-refractivity contribution in [3.8, 4) is 0 Å². The topological polar surface area (TPSA) is 50.4 Å². The van der Waals surface area contributed by atoms with Crippen LogP contribution >= 0.6 is 0 Å². The molecular weight excluding hydrogens is 396 g/mol. The number of hydrogen-bond acceptors (Lipinski definition) is 3. The van der Waals surface area contributed by atoms with Crippen molar-refractivity contribution >= 4 is 6.09 Å². The van der Waals surface area contributed by atoms with Crippen molar-refractivity contribution in [1.29, 1.82) is 0 Å². The van der Waals surface area contributed by atoms with Gasteiger partial charge in [-0.05, 0) is 46.4 Å². The summed E-state index contributed by atoms with van der Waals surface area (Å²) in [5, 5.41) is 6.67. The van der Waals surface area contributed by atoms with Crippen molar-refractivity contribution in [3.63, 3.8) is 0 Å². The largest absolute Gasteiger partial charge is 0.450 e. The van der Waals surface area contributed by atoms with Crippen LogP contribution in [0.25, 0.3) is 0 Å². The number of amides is 1. The highest BCUT2D eigenvalue weighted by Gasteiger charge is 2.33. The predicted octanol–water partition coefficient (Wildman–Crippen LogP) is 5.89. The molecule has 4 nitrogen and oxygen atoms in total. The van der Waals surface area contributed by atoms with Gasteiger partial charge in [0, 0.05) is 24.5 Å². The van der Waals surface area contributed by atoms with Crippen molar-refractivity contribution in [2.75, 3.05) is 13.2 Å². The van der Waals surface area contributed by atoms with Crippen LogP contribution < -0.4 is 10.6 Å². The Morgan fingerprint density at radius 3 is 1.81 bits per heavy atom. The molecule has 0 spiro atoms. The summed E-state index contributed by atoms with van der Waals surface area (Å²) in [7, 11) is 0. The maximum absolute atomic E-state index is 11.9. The highest BCUT2D eigenvalue weighted by atomic mass is 16.5. The lowest BCUT2D eigenvalue weighted by Gasteiger charge is -2.27. The van der Waals surface area contributed by atoms with Gasteiger partial charge in [-0.2, -0.15) is 0 Å². The zero-order chi connectivity index (χ0) is 23.5. The molecule has 0 aliphatic carbocycles. The van der Waals surface area contributed by atoms with E-state index >= 15 is 0 Å². The number of carbonyl (C=O) groups excluding carboxylic acids is 1. The second kappa shape index (κ2) is 9.66. The van der Waals surface area contributed by atoms with Crippen LogP contribution in [0.2, 0.25) is 0 Å². The smallest absolute Gasteiger partial charge is 0.407 e. The molecule has 1 saturated heterocycles. The van der Waals surface area contributed by atoms with Gasteiger partial charge in [-0.15, -0.1) is 0 Å². The van der Waals surface area contributed by atoms with Crippen molar-refractivity contribution in [2.45, 2.75) is 83.7 Å². The molecule has 2 N–H and O–H groups in total. The number of hydrogen-bond donors (Lipinski definition) is 2. The van der Waals surface area contributed by atoms with E-state index in [2.05, 4.69) is 101 Å². The van der Waals surface area contributed by atoms with E-state index in [0.29, 0.717) is 6.61 Å². The quantitative estimate of drug-likeness (QED) is 0.614. The van der Waals surface area contributed by atoms with E-state index in [1.54, 1.807) is 0 Å². The SMILES string of the molecule is CCOC(=O)N[C@@H]1CN[C@@H](C(c2ccc(C(C)(C)C)cc2)c2ccc(C(C)(C)C)cc2)C1. The monoisotopic (exact) mass is 436 g/mol. The molecule has 0 bridgehead atoms. The summed E-state index contributed by atoms with van der Waals surface area (Å²) in [6.07, 6.45) is 0.534. The highest BCUT2D eigenvalue weighted by Crippen LogP contribution is 2.35. The third-order valence-electron chi connectivity index (χ3n) is 6.44. The fourth-order valence-corrected chi connectivity index (χ4v) is 4.51. The van der Waals surface area contributed by atoms with Crippen LogP contribution in [0.5, 0.6) is 0 Å². The zero-order valence-electron chi connectivity index (χ0n) is 20.8. The zero-order valence-corrected chi connectivity index (χ0v) is 20.8. The van der Waals surface area contributed by atoms with Crippen LogP contribution in [0.4, 0.5) is 4.79 Å². The van der Waals surface area contributed by atoms with Gasteiger partial charge < -0.3 is 15.4 Å². The molecule has 3 rings (SSSR count). The molecule has 174 valence electrons. The first kappa shape index (κ1) is 24.3. The molecular formula is C28H40N2O2. The van der Waals surface area contributed by atoms with E-state index in [9.17, 15) is 4.79 Å². The number of ether oxygens (including phenoxy) is 1. The molecule has 1 heterocycles. The number of rotatable bonds is 5. The number of nitrogens with one attached hydrogen (secondary N) is 2. The van der Waals surface area contributed by atoms with Crippen LogP contribution in [-0.4, -0.2) is 31.3 Å². The molecule has 2 atom stereocenters. The first-order valence-corrected chi connectivity index (χ1v) is 11.9. The van der Waals surface area contributed by atoms with E-state index in [1.165, 1.54) is 22.3 Å². The molecule has 0 aromatic heterocycles. The normalized spacial score (nSPS) is 19.2. The lowest BCUT2D eigenvalue weighted by Crippen LogP contribution is -2.36. The van der Waals surface area contributed by atoms with Gasteiger partial charge in [0.05, 0.1) is 6.61 Å². The van der Waals surface area contributed by atoms with Gasteiger partial charge in [-0.25, -0.2) is 4.79 Å². The minimum atomic E-state index is -0.333. The Balaban J connectivity index is 1.89. The van der Waals surface area contributed by atoms with Gasteiger partial charge in [-0.3, -0.25) is 0 Å².